The summed E-state index contributed by atoms with van der Waals surface area (Å²) in [7, 11) is 1.95. The van der Waals surface area contributed by atoms with Crippen LogP contribution in [-0.2, 0) is 13.6 Å². The molecule has 0 saturated carbocycles. The van der Waals surface area contributed by atoms with Crippen molar-refractivity contribution in [2.75, 3.05) is 6.54 Å². The van der Waals surface area contributed by atoms with E-state index in [1.807, 2.05) is 42.2 Å². The smallest absolute Gasteiger partial charge is 0.0518 e. The summed E-state index contributed by atoms with van der Waals surface area (Å²) in [5.74, 6) is 0. The van der Waals surface area contributed by atoms with Crippen LogP contribution in [0.2, 0.25) is 0 Å². The number of aryl methyl sites for hydroxylation is 1. The molecule has 1 N–H and O–H groups in total. The standard InChI is InChI=1S/C14H17N3/c1-12(13-6-4-3-5-7-13)10-15-11-14-8-9-16-17(14)2/h3-9,15H,1,10-11H2,2H3. The summed E-state index contributed by atoms with van der Waals surface area (Å²) < 4.78 is 1.87. The lowest BCUT2D eigenvalue weighted by Gasteiger charge is -2.08. The summed E-state index contributed by atoms with van der Waals surface area (Å²) in [5, 5.41) is 7.49. The molecule has 1 heterocycles. The Bertz CT molecular complexity index is 485. The second kappa shape index (κ2) is 5.46. The highest BCUT2D eigenvalue weighted by Crippen LogP contribution is 2.10. The normalized spacial score (nSPS) is 10.4. The average Bonchev–Trinajstić information content (AvgIpc) is 2.76. The van der Waals surface area contributed by atoms with Gasteiger partial charge in [0.15, 0.2) is 0 Å². The highest BCUT2D eigenvalue weighted by atomic mass is 15.3. The molecule has 0 fully saturated rings. The van der Waals surface area contributed by atoms with Gasteiger partial charge in [-0.05, 0) is 17.2 Å². The van der Waals surface area contributed by atoms with Gasteiger partial charge in [-0.3, -0.25) is 4.68 Å². The quantitative estimate of drug-likeness (QED) is 0.849. The molecule has 0 radical (unpaired) electrons. The number of aromatic nitrogens is 2. The van der Waals surface area contributed by atoms with Gasteiger partial charge in [0.2, 0.25) is 0 Å². The summed E-state index contributed by atoms with van der Waals surface area (Å²) in [4.78, 5) is 0. The van der Waals surface area contributed by atoms with Crippen molar-refractivity contribution < 1.29 is 0 Å². The molecule has 0 aliphatic heterocycles. The molecule has 0 unspecified atom stereocenters. The lowest BCUT2D eigenvalue weighted by atomic mass is 10.1. The highest BCUT2D eigenvalue weighted by molar-refractivity contribution is 5.64. The molecule has 0 saturated heterocycles. The molecular formula is C14H17N3. The molecule has 2 aromatic rings. The SMILES string of the molecule is C=C(CNCc1ccnn1C)c1ccccc1. The Hall–Kier alpha value is -1.87. The molecule has 1 aromatic heterocycles. The Morgan fingerprint density at radius 2 is 2.06 bits per heavy atom. The fourth-order valence-corrected chi connectivity index (χ4v) is 1.69. The molecule has 0 atom stereocenters. The Balaban J connectivity index is 1.84. The van der Waals surface area contributed by atoms with Gasteiger partial charge in [-0.1, -0.05) is 36.9 Å². The number of rotatable bonds is 5. The largest absolute Gasteiger partial charge is 0.307 e. The minimum absolute atomic E-state index is 0.787. The van der Waals surface area contributed by atoms with E-state index in [0.717, 1.165) is 18.7 Å². The fraction of sp³-hybridized carbons (Fsp3) is 0.214. The Morgan fingerprint density at radius 1 is 1.29 bits per heavy atom. The summed E-state index contributed by atoms with van der Waals surface area (Å²) in [6.45, 7) is 5.68. The van der Waals surface area contributed by atoms with Gasteiger partial charge >= 0.3 is 0 Å². The number of nitrogens with zero attached hydrogens (tertiary/aromatic N) is 2. The van der Waals surface area contributed by atoms with E-state index in [0.29, 0.717) is 0 Å². The van der Waals surface area contributed by atoms with Gasteiger partial charge in [0.1, 0.15) is 0 Å². The van der Waals surface area contributed by atoms with Gasteiger partial charge in [0.05, 0.1) is 5.69 Å². The monoisotopic (exact) mass is 227 g/mol. The van der Waals surface area contributed by atoms with Crippen LogP contribution in [0.1, 0.15) is 11.3 Å². The molecule has 1 aromatic carbocycles. The molecule has 3 nitrogen and oxygen atoms in total. The molecule has 3 heteroatoms. The maximum Gasteiger partial charge on any atom is 0.0518 e. The van der Waals surface area contributed by atoms with Crippen molar-refractivity contribution in [1.29, 1.82) is 0 Å². The molecule has 17 heavy (non-hydrogen) atoms. The summed E-state index contributed by atoms with van der Waals surface area (Å²) in [6, 6.07) is 12.2. The first kappa shape index (κ1) is 11.6. The lowest BCUT2D eigenvalue weighted by Crippen LogP contribution is -2.17. The van der Waals surface area contributed by atoms with Crippen molar-refractivity contribution in [2.45, 2.75) is 6.54 Å². The van der Waals surface area contributed by atoms with Gasteiger partial charge in [0, 0.05) is 26.3 Å². The van der Waals surface area contributed by atoms with E-state index in [1.54, 1.807) is 0 Å². The number of hydrogen-bond acceptors (Lipinski definition) is 2. The van der Waals surface area contributed by atoms with Crippen LogP contribution < -0.4 is 5.32 Å². The zero-order valence-corrected chi connectivity index (χ0v) is 10.1. The van der Waals surface area contributed by atoms with Gasteiger partial charge < -0.3 is 5.32 Å². The molecule has 0 aliphatic carbocycles. The van der Waals surface area contributed by atoms with Crippen LogP contribution in [0, 0.1) is 0 Å². The Morgan fingerprint density at radius 3 is 2.71 bits per heavy atom. The number of hydrogen-bond donors (Lipinski definition) is 1. The van der Waals surface area contributed by atoms with Gasteiger partial charge in [-0.2, -0.15) is 5.10 Å². The van der Waals surface area contributed by atoms with Crippen molar-refractivity contribution in [3.05, 3.63) is 60.4 Å². The second-order valence-corrected chi connectivity index (χ2v) is 4.02. The number of benzene rings is 1. The minimum Gasteiger partial charge on any atom is -0.307 e. The van der Waals surface area contributed by atoms with E-state index in [4.69, 9.17) is 0 Å². The van der Waals surface area contributed by atoms with Gasteiger partial charge in [0.25, 0.3) is 0 Å². The molecule has 2 rings (SSSR count). The van der Waals surface area contributed by atoms with Crippen molar-refractivity contribution in [2.24, 2.45) is 7.05 Å². The minimum atomic E-state index is 0.787. The molecule has 0 amide bonds. The van der Waals surface area contributed by atoms with E-state index in [-0.39, 0.29) is 0 Å². The van der Waals surface area contributed by atoms with E-state index >= 15 is 0 Å². The molecular weight excluding hydrogens is 210 g/mol. The predicted molar refractivity (Wildman–Crippen MR) is 70.4 cm³/mol. The van der Waals surface area contributed by atoms with Crippen LogP contribution in [-0.4, -0.2) is 16.3 Å². The van der Waals surface area contributed by atoms with Gasteiger partial charge in [-0.25, -0.2) is 0 Å². The van der Waals surface area contributed by atoms with Crippen LogP contribution in [0.25, 0.3) is 5.57 Å². The maximum atomic E-state index is 4.13. The topological polar surface area (TPSA) is 29.9 Å². The highest BCUT2D eigenvalue weighted by Gasteiger charge is 2.00. The molecule has 0 spiro atoms. The zero-order chi connectivity index (χ0) is 12.1. The van der Waals surface area contributed by atoms with Crippen molar-refractivity contribution in [3.8, 4) is 0 Å². The van der Waals surface area contributed by atoms with E-state index in [1.165, 1.54) is 11.3 Å². The van der Waals surface area contributed by atoms with Crippen molar-refractivity contribution in [1.82, 2.24) is 15.1 Å². The second-order valence-electron chi connectivity index (χ2n) is 4.02. The van der Waals surface area contributed by atoms with Crippen LogP contribution in [0.3, 0.4) is 0 Å². The van der Waals surface area contributed by atoms with Crippen LogP contribution >= 0.6 is 0 Å². The van der Waals surface area contributed by atoms with Crippen molar-refractivity contribution in [3.63, 3.8) is 0 Å². The predicted octanol–water partition coefficient (Wildman–Crippen LogP) is 2.22. The van der Waals surface area contributed by atoms with Crippen molar-refractivity contribution >= 4 is 5.57 Å². The summed E-state index contributed by atoms with van der Waals surface area (Å²) in [5.41, 5.74) is 3.46. The van der Waals surface area contributed by atoms with Gasteiger partial charge in [-0.15, -0.1) is 0 Å². The zero-order valence-electron chi connectivity index (χ0n) is 10.1. The fourth-order valence-electron chi connectivity index (χ4n) is 1.69. The molecule has 88 valence electrons. The lowest BCUT2D eigenvalue weighted by molar-refractivity contribution is 0.658. The Kier molecular flexibility index (Phi) is 3.73. The number of nitrogens with one attached hydrogen (secondary N) is 1. The third-order valence-corrected chi connectivity index (χ3v) is 2.75. The van der Waals surface area contributed by atoms with E-state index in [9.17, 15) is 0 Å². The first-order chi connectivity index (χ1) is 8.27. The van der Waals surface area contributed by atoms with E-state index in [2.05, 4.69) is 29.1 Å². The third-order valence-electron chi connectivity index (χ3n) is 2.75. The summed E-state index contributed by atoms with van der Waals surface area (Å²) in [6.07, 6.45) is 1.81. The molecule has 0 bridgehead atoms. The van der Waals surface area contributed by atoms with Crippen LogP contribution in [0.4, 0.5) is 0 Å². The third kappa shape index (κ3) is 3.04. The maximum absolute atomic E-state index is 4.13. The van der Waals surface area contributed by atoms with E-state index < -0.39 is 0 Å². The van der Waals surface area contributed by atoms with Crippen LogP contribution in [0.15, 0.2) is 49.2 Å². The average molecular weight is 227 g/mol. The molecule has 0 aliphatic rings. The Labute approximate surface area is 102 Å². The first-order valence-corrected chi connectivity index (χ1v) is 5.68. The first-order valence-electron chi connectivity index (χ1n) is 5.68. The summed E-state index contributed by atoms with van der Waals surface area (Å²) >= 11 is 0. The van der Waals surface area contributed by atoms with Crippen LogP contribution in [0.5, 0.6) is 0 Å².